The van der Waals surface area contributed by atoms with Crippen molar-refractivity contribution in [1.82, 2.24) is 15.3 Å². The highest BCUT2D eigenvalue weighted by molar-refractivity contribution is 7.99. The van der Waals surface area contributed by atoms with Crippen LogP contribution in [-0.4, -0.2) is 39.0 Å². The van der Waals surface area contributed by atoms with E-state index in [0.29, 0.717) is 6.04 Å². The number of aliphatic hydroxyl groups excluding tert-OH is 1. The summed E-state index contributed by atoms with van der Waals surface area (Å²) in [6.45, 7) is 10.6. The number of aliphatic hydroxyl groups is 1. The van der Waals surface area contributed by atoms with Gasteiger partial charge in [0.15, 0.2) is 5.16 Å². The van der Waals surface area contributed by atoms with Crippen LogP contribution in [0.1, 0.15) is 51.4 Å². The van der Waals surface area contributed by atoms with Gasteiger partial charge in [-0.3, -0.25) is 0 Å². The molecule has 0 saturated heterocycles. The molecule has 1 heterocycles. The first-order valence-corrected chi connectivity index (χ1v) is 8.73. The molecule has 4 nitrogen and oxygen atoms in total. The Kier molecular flexibility index (Phi) is 7.63. The molecule has 0 aliphatic carbocycles. The zero-order valence-electron chi connectivity index (χ0n) is 13.9. The van der Waals surface area contributed by atoms with Gasteiger partial charge in [0.1, 0.15) is 0 Å². The summed E-state index contributed by atoms with van der Waals surface area (Å²) < 4.78 is 0. The molecule has 0 aliphatic rings. The lowest BCUT2D eigenvalue weighted by Crippen LogP contribution is -2.51. The van der Waals surface area contributed by atoms with E-state index < -0.39 is 0 Å². The minimum atomic E-state index is -0.155. The van der Waals surface area contributed by atoms with Crippen molar-refractivity contribution < 1.29 is 5.11 Å². The van der Waals surface area contributed by atoms with Crippen molar-refractivity contribution in [1.29, 1.82) is 0 Å². The van der Waals surface area contributed by atoms with Gasteiger partial charge in [-0.05, 0) is 39.2 Å². The second-order valence-corrected chi connectivity index (χ2v) is 7.04. The molecule has 0 aromatic carbocycles. The first kappa shape index (κ1) is 18.4. The van der Waals surface area contributed by atoms with E-state index in [1.54, 1.807) is 11.8 Å². The van der Waals surface area contributed by atoms with Crippen LogP contribution in [-0.2, 0) is 0 Å². The normalized spacial score (nSPS) is 14.4. The van der Waals surface area contributed by atoms with Gasteiger partial charge in [-0.1, -0.05) is 32.5 Å². The predicted molar refractivity (Wildman–Crippen MR) is 89.8 cm³/mol. The SMILES string of the molecule is CCC(CO)(CCCSc1nc(C)cc(C)n1)NC(C)C. The van der Waals surface area contributed by atoms with Crippen LogP contribution in [0.25, 0.3) is 0 Å². The Labute approximate surface area is 133 Å². The van der Waals surface area contributed by atoms with Gasteiger partial charge in [0, 0.05) is 28.7 Å². The van der Waals surface area contributed by atoms with Crippen molar-refractivity contribution >= 4 is 11.8 Å². The molecule has 0 radical (unpaired) electrons. The lowest BCUT2D eigenvalue weighted by Gasteiger charge is -2.34. The summed E-state index contributed by atoms with van der Waals surface area (Å²) in [4.78, 5) is 8.89. The topological polar surface area (TPSA) is 58.0 Å². The molecular formula is C16H29N3OS. The highest BCUT2D eigenvalue weighted by Crippen LogP contribution is 2.22. The number of aryl methyl sites for hydroxylation is 2. The van der Waals surface area contributed by atoms with Crippen molar-refractivity contribution in [3.05, 3.63) is 17.5 Å². The van der Waals surface area contributed by atoms with Gasteiger partial charge >= 0.3 is 0 Å². The van der Waals surface area contributed by atoms with E-state index in [1.165, 1.54) is 0 Å². The third kappa shape index (κ3) is 6.32. The number of aromatic nitrogens is 2. The van der Waals surface area contributed by atoms with Crippen LogP contribution in [0.15, 0.2) is 11.2 Å². The third-order valence-corrected chi connectivity index (χ3v) is 4.50. The van der Waals surface area contributed by atoms with Crippen LogP contribution in [0.5, 0.6) is 0 Å². The van der Waals surface area contributed by atoms with E-state index in [9.17, 15) is 5.11 Å². The van der Waals surface area contributed by atoms with E-state index in [4.69, 9.17) is 0 Å². The fourth-order valence-corrected chi connectivity index (χ4v) is 3.42. The monoisotopic (exact) mass is 311 g/mol. The van der Waals surface area contributed by atoms with Crippen LogP contribution in [0.3, 0.4) is 0 Å². The Balaban J connectivity index is 2.47. The van der Waals surface area contributed by atoms with Gasteiger partial charge in [0.25, 0.3) is 0 Å². The predicted octanol–water partition coefficient (Wildman–Crippen LogP) is 3.10. The highest BCUT2D eigenvalue weighted by atomic mass is 32.2. The summed E-state index contributed by atoms with van der Waals surface area (Å²) >= 11 is 1.70. The highest BCUT2D eigenvalue weighted by Gasteiger charge is 2.27. The molecule has 21 heavy (non-hydrogen) atoms. The first-order chi connectivity index (χ1) is 9.90. The van der Waals surface area contributed by atoms with Crippen LogP contribution < -0.4 is 5.32 Å². The molecule has 120 valence electrons. The number of rotatable bonds is 9. The average molecular weight is 311 g/mol. The van der Waals surface area contributed by atoms with Crippen molar-refractivity contribution in [3.63, 3.8) is 0 Å². The average Bonchev–Trinajstić information content (AvgIpc) is 2.41. The Bertz CT molecular complexity index is 413. The summed E-state index contributed by atoms with van der Waals surface area (Å²) in [7, 11) is 0. The fourth-order valence-electron chi connectivity index (χ4n) is 2.53. The molecule has 0 spiro atoms. The van der Waals surface area contributed by atoms with Crippen molar-refractivity contribution in [2.75, 3.05) is 12.4 Å². The summed E-state index contributed by atoms with van der Waals surface area (Å²) in [6.07, 6.45) is 2.94. The van der Waals surface area contributed by atoms with E-state index in [0.717, 1.165) is 41.6 Å². The van der Waals surface area contributed by atoms with Crippen LogP contribution in [0.4, 0.5) is 0 Å². The van der Waals surface area contributed by atoms with Gasteiger partial charge in [-0.2, -0.15) is 0 Å². The quantitative estimate of drug-likeness (QED) is 0.417. The molecule has 1 rings (SSSR count). The molecule has 0 amide bonds. The van der Waals surface area contributed by atoms with Gasteiger partial charge in [0.05, 0.1) is 6.61 Å². The minimum Gasteiger partial charge on any atom is -0.394 e. The summed E-state index contributed by atoms with van der Waals surface area (Å²) in [5, 5.41) is 14.1. The number of nitrogens with one attached hydrogen (secondary N) is 1. The lowest BCUT2D eigenvalue weighted by molar-refractivity contribution is 0.137. The molecule has 0 saturated carbocycles. The van der Waals surface area contributed by atoms with Crippen LogP contribution in [0, 0.1) is 13.8 Å². The molecule has 2 N–H and O–H groups in total. The summed E-state index contributed by atoms with van der Waals surface area (Å²) in [5.41, 5.74) is 1.88. The molecule has 1 aromatic rings. The number of hydrogen-bond acceptors (Lipinski definition) is 5. The van der Waals surface area contributed by atoms with Crippen LogP contribution in [0.2, 0.25) is 0 Å². The second kappa shape index (κ2) is 8.71. The molecule has 0 fully saturated rings. The lowest BCUT2D eigenvalue weighted by atomic mass is 9.91. The standard InChI is InChI=1S/C16H29N3OS/c1-6-16(11-20,19-12(2)3)8-7-9-21-15-17-13(4)10-14(5)18-15/h10,12,19-20H,6-9,11H2,1-5H3. The summed E-state index contributed by atoms with van der Waals surface area (Å²) in [5.74, 6) is 0.977. The van der Waals surface area contributed by atoms with Gasteiger partial charge < -0.3 is 10.4 Å². The zero-order valence-corrected chi connectivity index (χ0v) is 14.8. The largest absolute Gasteiger partial charge is 0.394 e. The maximum Gasteiger partial charge on any atom is 0.187 e. The zero-order chi connectivity index (χ0) is 15.9. The second-order valence-electron chi connectivity index (χ2n) is 5.98. The van der Waals surface area contributed by atoms with E-state index in [-0.39, 0.29) is 12.1 Å². The number of hydrogen-bond donors (Lipinski definition) is 2. The fraction of sp³-hybridized carbons (Fsp3) is 0.750. The third-order valence-electron chi connectivity index (χ3n) is 3.57. The van der Waals surface area contributed by atoms with Crippen molar-refractivity contribution in [3.8, 4) is 0 Å². The Hall–Kier alpha value is -0.650. The molecule has 1 atom stereocenters. The maximum atomic E-state index is 9.72. The smallest absolute Gasteiger partial charge is 0.187 e. The van der Waals surface area contributed by atoms with E-state index in [2.05, 4.69) is 36.1 Å². The van der Waals surface area contributed by atoms with Gasteiger partial charge in [-0.25, -0.2) is 9.97 Å². The number of nitrogens with zero attached hydrogens (tertiary/aromatic N) is 2. The van der Waals surface area contributed by atoms with Gasteiger partial charge in [0.2, 0.25) is 0 Å². The van der Waals surface area contributed by atoms with Crippen molar-refractivity contribution in [2.45, 2.75) is 70.6 Å². The van der Waals surface area contributed by atoms with Gasteiger partial charge in [-0.15, -0.1) is 0 Å². The molecule has 0 aliphatic heterocycles. The maximum absolute atomic E-state index is 9.72. The first-order valence-electron chi connectivity index (χ1n) is 7.74. The minimum absolute atomic E-state index is 0.155. The number of thioether (sulfide) groups is 1. The Morgan fingerprint density at radius 3 is 2.38 bits per heavy atom. The van der Waals surface area contributed by atoms with E-state index >= 15 is 0 Å². The molecule has 1 unspecified atom stereocenters. The Morgan fingerprint density at radius 1 is 1.29 bits per heavy atom. The van der Waals surface area contributed by atoms with E-state index in [1.807, 2.05) is 19.9 Å². The molecule has 1 aromatic heterocycles. The van der Waals surface area contributed by atoms with Crippen LogP contribution >= 0.6 is 11.8 Å². The molecular weight excluding hydrogens is 282 g/mol. The summed E-state index contributed by atoms with van der Waals surface area (Å²) in [6, 6.07) is 2.37. The molecule has 5 heteroatoms. The molecule has 0 bridgehead atoms. The Morgan fingerprint density at radius 2 is 1.90 bits per heavy atom. The van der Waals surface area contributed by atoms with Crippen molar-refractivity contribution in [2.24, 2.45) is 0 Å².